The SMILES string of the molecule is COc1cc(Br)c2oc(CNC3CC3)c(C(C)C)c2c1. The molecular formula is C16H20BrNO2. The van der Waals surface area contributed by atoms with Crippen molar-refractivity contribution in [1.29, 1.82) is 0 Å². The van der Waals surface area contributed by atoms with Crippen LogP contribution in [-0.2, 0) is 6.54 Å². The Kier molecular flexibility index (Phi) is 3.78. The molecule has 1 aliphatic carbocycles. The van der Waals surface area contributed by atoms with E-state index in [0.717, 1.165) is 33.5 Å². The van der Waals surface area contributed by atoms with Gasteiger partial charge in [0.05, 0.1) is 18.1 Å². The van der Waals surface area contributed by atoms with Crippen LogP contribution in [0.25, 0.3) is 11.0 Å². The molecule has 0 atom stereocenters. The van der Waals surface area contributed by atoms with Gasteiger partial charge in [-0.25, -0.2) is 0 Å². The molecule has 1 aromatic carbocycles. The zero-order valence-corrected chi connectivity index (χ0v) is 13.7. The number of methoxy groups -OCH3 is 1. The molecule has 3 nitrogen and oxygen atoms in total. The minimum absolute atomic E-state index is 0.422. The van der Waals surface area contributed by atoms with Gasteiger partial charge in [-0.15, -0.1) is 0 Å². The van der Waals surface area contributed by atoms with E-state index in [9.17, 15) is 0 Å². The topological polar surface area (TPSA) is 34.4 Å². The number of hydrogen-bond donors (Lipinski definition) is 1. The van der Waals surface area contributed by atoms with Crippen LogP contribution in [-0.4, -0.2) is 13.2 Å². The molecule has 108 valence electrons. The summed E-state index contributed by atoms with van der Waals surface area (Å²) < 4.78 is 12.4. The van der Waals surface area contributed by atoms with Gasteiger partial charge in [0.1, 0.15) is 17.1 Å². The number of halogens is 1. The molecule has 0 unspecified atom stereocenters. The van der Waals surface area contributed by atoms with Gasteiger partial charge in [0, 0.05) is 17.0 Å². The van der Waals surface area contributed by atoms with E-state index in [0.29, 0.717) is 12.0 Å². The Hall–Kier alpha value is -1.00. The molecule has 0 amide bonds. The van der Waals surface area contributed by atoms with Gasteiger partial charge in [0.2, 0.25) is 0 Å². The van der Waals surface area contributed by atoms with E-state index in [4.69, 9.17) is 9.15 Å². The summed E-state index contributed by atoms with van der Waals surface area (Å²) >= 11 is 3.58. The average Bonchev–Trinajstić information content (AvgIpc) is 3.15. The van der Waals surface area contributed by atoms with E-state index in [2.05, 4.69) is 41.2 Å². The Morgan fingerprint density at radius 1 is 1.40 bits per heavy atom. The summed E-state index contributed by atoms with van der Waals surface area (Å²) in [7, 11) is 1.69. The molecule has 0 radical (unpaired) electrons. The van der Waals surface area contributed by atoms with Crippen LogP contribution in [0.4, 0.5) is 0 Å². The fraction of sp³-hybridized carbons (Fsp3) is 0.500. The smallest absolute Gasteiger partial charge is 0.149 e. The van der Waals surface area contributed by atoms with Gasteiger partial charge in [-0.1, -0.05) is 13.8 Å². The number of hydrogen-bond acceptors (Lipinski definition) is 3. The molecule has 1 N–H and O–H groups in total. The van der Waals surface area contributed by atoms with Crippen molar-refractivity contribution in [1.82, 2.24) is 5.32 Å². The van der Waals surface area contributed by atoms with Gasteiger partial charge in [0.25, 0.3) is 0 Å². The van der Waals surface area contributed by atoms with Gasteiger partial charge in [-0.05, 0) is 46.8 Å². The first-order valence-electron chi connectivity index (χ1n) is 7.12. The molecule has 0 saturated heterocycles. The summed E-state index contributed by atoms with van der Waals surface area (Å²) in [6, 6.07) is 4.70. The van der Waals surface area contributed by atoms with Crippen LogP contribution < -0.4 is 10.1 Å². The van der Waals surface area contributed by atoms with Gasteiger partial charge in [-0.3, -0.25) is 0 Å². The average molecular weight is 338 g/mol. The number of fused-ring (bicyclic) bond motifs is 1. The lowest BCUT2D eigenvalue weighted by molar-refractivity contribution is 0.415. The summed E-state index contributed by atoms with van der Waals surface area (Å²) in [4.78, 5) is 0. The maximum absolute atomic E-state index is 6.10. The zero-order chi connectivity index (χ0) is 14.3. The normalized spacial score (nSPS) is 15.2. The van der Waals surface area contributed by atoms with Crippen LogP contribution in [0.15, 0.2) is 21.0 Å². The summed E-state index contributed by atoms with van der Waals surface area (Å²) in [5.74, 6) is 2.33. The molecule has 0 spiro atoms. The summed E-state index contributed by atoms with van der Waals surface area (Å²) in [6.45, 7) is 5.22. The summed E-state index contributed by atoms with van der Waals surface area (Å²) in [5.41, 5.74) is 2.20. The summed E-state index contributed by atoms with van der Waals surface area (Å²) in [6.07, 6.45) is 2.57. The second-order valence-electron chi connectivity index (χ2n) is 5.73. The lowest BCUT2D eigenvalue weighted by Gasteiger charge is -2.07. The van der Waals surface area contributed by atoms with Crippen molar-refractivity contribution in [3.05, 3.63) is 27.9 Å². The Balaban J connectivity index is 2.08. The Morgan fingerprint density at radius 2 is 2.15 bits per heavy atom. The van der Waals surface area contributed by atoms with Crippen LogP contribution in [0.5, 0.6) is 5.75 Å². The van der Waals surface area contributed by atoms with E-state index >= 15 is 0 Å². The van der Waals surface area contributed by atoms with E-state index < -0.39 is 0 Å². The number of furan rings is 1. The molecule has 3 rings (SSSR count). The van der Waals surface area contributed by atoms with E-state index in [1.54, 1.807) is 7.11 Å². The Morgan fingerprint density at radius 3 is 2.75 bits per heavy atom. The lowest BCUT2D eigenvalue weighted by Crippen LogP contribution is -2.15. The highest BCUT2D eigenvalue weighted by Crippen LogP contribution is 2.38. The van der Waals surface area contributed by atoms with Crippen LogP contribution in [0, 0.1) is 0 Å². The second kappa shape index (κ2) is 5.41. The largest absolute Gasteiger partial charge is 0.497 e. The molecule has 0 aliphatic heterocycles. The predicted octanol–water partition coefficient (Wildman–Crippen LogP) is 4.58. The molecule has 4 heteroatoms. The van der Waals surface area contributed by atoms with Gasteiger partial charge < -0.3 is 14.5 Å². The van der Waals surface area contributed by atoms with Crippen molar-refractivity contribution in [2.45, 2.75) is 45.2 Å². The van der Waals surface area contributed by atoms with Gasteiger partial charge in [0.15, 0.2) is 0 Å². The third-order valence-corrected chi connectivity index (χ3v) is 4.36. The van der Waals surface area contributed by atoms with Crippen molar-refractivity contribution in [3.8, 4) is 5.75 Å². The Labute approximate surface area is 127 Å². The van der Waals surface area contributed by atoms with Gasteiger partial charge in [-0.2, -0.15) is 0 Å². The van der Waals surface area contributed by atoms with Crippen LogP contribution >= 0.6 is 15.9 Å². The van der Waals surface area contributed by atoms with E-state index in [1.807, 2.05) is 6.07 Å². The van der Waals surface area contributed by atoms with Crippen molar-refractivity contribution >= 4 is 26.9 Å². The molecule has 1 heterocycles. The second-order valence-corrected chi connectivity index (χ2v) is 6.59. The molecular weight excluding hydrogens is 318 g/mol. The van der Waals surface area contributed by atoms with Crippen molar-refractivity contribution < 1.29 is 9.15 Å². The lowest BCUT2D eigenvalue weighted by atomic mass is 9.99. The number of ether oxygens (including phenoxy) is 1. The monoisotopic (exact) mass is 337 g/mol. The third kappa shape index (κ3) is 2.59. The first kappa shape index (κ1) is 14.0. The first-order valence-corrected chi connectivity index (χ1v) is 7.91. The molecule has 1 aliphatic rings. The highest BCUT2D eigenvalue weighted by Gasteiger charge is 2.24. The highest BCUT2D eigenvalue weighted by molar-refractivity contribution is 9.10. The predicted molar refractivity (Wildman–Crippen MR) is 84.4 cm³/mol. The van der Waals surface area contributed by atoms with E-state index in [-0.39, 0.29) is 0 Å². The van der Waals surface area contributed by atoms with Crippen LogP contribution in [0.3, 0.4) is 0 Å². The fourth-order valence-corrected chi connectivity index (χ4v) is 3.13. The maximum atomic E-state index is 6.10. The standard InChI is InChI=1S/C16H20BrNO2/c1-9(2)15-12-6-11(19-3)7-13(17)16(12)20-14(15)8-18-10-4-5-10/h6-7,9-10,18H,4-5,8H2,1-3H3. The fourth-order valence-electron chi connectivity index (χ4n) is 2.61. The summed E-state index contributed by atoms with van der Waals surface area (Å²) in [5, 5.41) is 4.69. The molecule has 1 fully saturated rings. The maximum Gasteiger partial charge on any atom is 0.149 e. The number of benzene rings is 1. The molecule has 0 bridgehead atoms. The number of rotatable bonds is 5. The minimum Gasteiger partial charge on any atom is -0.497 e. The molecule has 20 heavy (non-hydrogen) atoms. The molecule has 1 aromatic heterocycles. The highest BCUT2D eigenvalue weighted by atomic mass is 79.9. The quantitative estimate of drug-likeness (QED) is 0.867. The molecule has 1 saturated carbocycles. The van der Waals surface area contributed by atoms with Crippen LogP contribution in [0.2, 0.25) is 0 Å². The van der Waals surface area contributed by atoms with E-state index in [1.165, 1.54) is 18.4 Å². The zero-order valence-electron chi connectivity index (χ0n) is 12.1. The van der Waals surface area contributed by atoms with Crippen LogP contribution in [0.1, 0.15) is 43.9 Å². The van der Waals surface area contributed by atoms with Crippen molar-refractivity contribution in [2.24, 2.45) is 0 Å². The minimum atomic E-state index is 0.422. The van der Waals surface area contributed by atoms with Crippen molar-refractivity contribution in [3.63, 3.8) is 0 Å². The molecule has 2 aromatic rings. The Bertz CT molecular complexity index is 629. The third-order valence-electron chi connectivity index (χ3n) is 3.77. The van der Waals surface area contributed by atoms with Crippen molar-refractivity contribution in [2.75, 3.05) is 7.11 Å². The van der Waals surface area contributed by atoms with Gasteiger partial charge >= 0.3 is 0 Å². The number of nitrogens with one attached hydrogen (secondary N) is 1. The first-order chi connectivity index (χ1) is 9.60.